The Hall–Kier alpha value is 0.120. The average molecular weight is 286 g/mol. The van der Waals surface area contributed by atoms with Gasteiger partial charge in [-0.1, -0.05) is 6.92 Å². The van der Waals surface area contributed by atoms with Crippen molar-refractivity contribution in [3.05, 3.63) is 0 Å². The van der Waals surface area contributed by atoms with Gasteiger partial charge in [0.15, 0.2) is 0 Å². The molecule has 0 saturated carbocycles. The first-order chi connectivity index (χ1) is 7.21. The minimum Gasteiger partial charge on any atom is -0.324 e. The summed E-state index contributed by atoms with van der Waals surface area (Å²) >= 11 is 0. The topological polar surface area (TPSA) is 75.4 Å². The fourth-order valence-electron chi connectivity index (χ4n) is 1.73. The van der Waals surface area contributed by atoms with E-state index in [1.165, 1.54) is 4.31 Å². The molecule has 0 aliphatic carbocycles. The molecule has 5 nitrogen and oxygen atoms in total. The summed E-state index contributed by atoms with van der Waals surface area (Å²) in [6.45, 7) is 7.17. The number of hydrogen-bond donors (Lipinski definition) is 2. The van der Waals surface area contributed by atoms with Crippen LogP contribution in [0.3, 0.4) is 0 Å². The molecule has 0 aromatic rings. The van der Waals surface area contributed by atoms with Crippen molar-refractivity contribution < 1.29 is 8.42 Å². The van der Waals surface area contributed by atoms with Crippen molar-refractivity contribution in [1.82, 2.24) is 9.03 Å². The Morgan fingerprint density at radius 3 is 2.53 bits per heavy atom. The number of hydrogen-bond acceptors (Lipinski definition) is 3. The normalized spacial score (nSPS) is 23.2. The lowest BCUT2D eigenvalue weighted by Gasteiger charge is -2.31. The Balaban J connectivity index is 0.00000256. The van der Waals surface area contributed by atoms with E-state index in [4.69, 9.17) is 5.73 Å². The summed E-state index contributed by atoms with van der Waals surface area (Å²) in [5.74, 6) is 0.441. The van der Waals surface area contributed by atoms with Crippen molar-refractivity contribution in [1.29, 1.82) is 0 Å². The van der Waals surface area contributed by atoms with Crippen LogP contribution < -0.4 is 10.5 Å². The van der Waals surface area contributed by atoms with E-state index in [-0.39, 0.29) is 19.0 Å². The van der Waals surface area contributed by atoms with E-state index in [1.807, 2.05) is 0 Å². The van der Waals surface area contributed by atoms with Gasteiger partial charge in [0.1, 0.15) is 0 Å². The third-order valence-electron chi connectivity index (χ3n) is 2.67. The number of rotatable bonds is 4. The van der Waals surface area contributed by atoms with Crippen LogP contribution in [-0.4, -0.2) is 37.9 Å². The van der Waals surface area contributed by atoms with Crippen LogP contribution in [0.4, 0.5) is 0 Å². The molecule has 17 heavy (non-hydrogen) atoms. The number of nitrogens with one attached hydrogen (secondary N) is 1. The Morgan fingerprint density at radius 1 is 1.47 bits per heavy atom. The monoisotopic (exact) mass is 285 g/mol. The van der Waals surface area contributed by atoms with Crippen molar-refractivity contribution >= 4 is 22.6 Å². The Morgan fingerprint density at radius 2 is 2.06 bits per heavy atom. The van der Waals surface area contributed by atoms with Gasteiger partial charge in [0.05, 0.1) is 0 Å². The van der Waals surface area contributed by atoms with Crippen LogP contribution in [0.1, 0.15) is 33.6 Å². The third-order valence-corrected chi connectivity index (χ3v) is 4.19. The molecule has 1 aliphatic heterocycles. The van der Waals surface area contributed by atoms with Gasteiger partial charge < -0.3 is 5.73 Å². The predicted molar refractivity (Wildman–Crippen MR) is 72.4 cm³/mol. The highest BCUT2D eigenvalue weighted by Gasteiger charge is 2.27. The molecule has 3 N–H and O–H groups in total. The standard InChI is InChI=1S/C10H23N3O2S.ClH/c1-9-5-4-6-13(7-9)16(14,15)12-8-10(2,3)11;/h9,12H,4-8,11H2,1-3H3;1H. The summed E-state index contributed by atoms with van der Waals surface area (Å²) in [7, 11) is -3.35. The molecule has 0 aromatic carbocycles. The van der Waals surface area contributed by atoms with E-state index in [2.05, 4.69) is 11.6 Å². The maximum absolute atomic E-state index is 11.9. The maximum atomic E-state index is 11.9. The molecular weight excluding hydrogens is 262 g/mol. The number of nitrogens with zero attached hydrogens (tertiary/aromatic N) is 1. The van der Waals surface area contributed by atoms with Crippen LogP contribution >= 0.6 is 12.4 Å². The van der Waals surface area contributed by atoms with Crippen LogP contribution in [0.5, 0.6) is 0 Å². The molecule has 1 rings (SSSR count). The van der Waals surface area contributed by atoms with E-state index < -0.39 is 15.7 Å². The number of piperidine rings is 1. The fraction of sp³-hybridized carbons (Fsp3) is 1.00. The Kier molecular flexibility index (Phi) is 6.38. The average Bonchev–Trinajstić information content (AvgIpc) is 2.14. The lowest BCUT2D eigenvalue weighted by atomic mass is 10.0. The van der Waals surface area contributed by atoms with Crippen LogP contribution in [0.25, 0.3) is 0 Å². The van der Waals surface area contributed by atoms with Gasteiger partial charge >= 0.3 is 0 Å². The van der Waals surface area contributed by atoms with E-state index in [9.17, 15) is 8.42 Å². The van der Waals surface area contributed by atoms with Crippen molar-refractivity contribution in [2.24, 2.45) is 11.7 Å². The van der Waals surface area contributed by atoms with Crippen LogP contribution in [0.15, 0.2) is 0 Å². The van der Waals surface area contributed by atoms with Gasteiger partial charge in [0, 0.05) is 25.2 Å². The summed E-state index contributed by atoms with van der Waals surface area (Å²) < 4.78 is 28.0. The van der Waals surface area contributed by atoms with Crippen molar-refractivity contribution in [2.45, 2.75) is 39.2 Å². The molecule has 1 unspecified atom stereocenters. The van der Waals surface area contributed by atoms with Gasteiger partial charge in [-0.05, 0) is 32.6 Å². The molecule has 1 saturated heterocycles. The first kappa shape index (κ1) is 17.1. The van der Waals surface area contributed by atoms with Gasteiger partial charge in [-0.25, -0.2) is 4.72 Å². The van der Waals surface area contributed by atoms with E-state index in [1.54, 1.807) is 13.8 Å². The van der Waals surface area contributed by atoms with E-state index >= 15 is 0 Å². The minimum atomic E-state index is -3.35. The second-order valence-corrected chi connectivity index (χ2v) is 7.18. The first-order valence-electron chi connectivity index (χ1n) is 5.74. The highest BCUT2D eigenvalue weighted by atomic mass is 35.5. The second-order valence-electron chi connectivity index (χ2n) is 5.42. The van der Waals surface area contributed by atoms with Crippen molar-refractivity contribution in [3.63, 3.8) is 0 Å². The highest BCUT2D eigenvalue weighted by Crippen LogP contribution is 2.17. The van der Waals surface area contributed by atoms with E-state index in [0.29, 0.717) is 19.0 Å². The quantitative estimate of drug-likeness (QED) is 0.799. The van der Waals surface area contributed by atoms with Crippen LogP contribution in [-0.2, 0) is 10.2 Å². The van der Waals surface area contributed by atoms with Crippen LogP contribution in [0, 0.1) is 5.92 Å². The molecular formula is C10H24ClN3O2S. The fourth-order valence-corrected chi connectivity index (χ4v) is 3.29. The first-order valence-corrected chi connectivity index (χ1v) is 7.18. The number of halogens is 1. The minimum absolute atomic E-state index is 0. The summed E-state index contributed by atoms with van der Waals surface area (Å²) in [4.78, 5) is 0. The Labute approximate surface area is 111 Å². The zero-order valence-electron chi connectivity index (χ0n) is 10.8. The lowest BCUT2D eigenvalue weighted by Crippen LogP contribution is -2.51. The van der Waals surface area contributed by atoms with E-state index in [0.717, 1.165) is 12.8 Å². The van der Waals surface area contributed by atoms with Gasteiger partial charge in [0.25, 0.3) is 10.2 Å². The molecule has 0 bridgehead atoms. The summed E-state index contributed by atoms with van der Waals surface area (Å²) in [5, 5.41) is 0. The molecule has 0 amide bonds. The van der Waals surface area contributed by atoms with Gasteiger partial charge in [-0.2, -0.15) is 12.7 Å². The molecule has 1 aliphatic rings. The molecule has 7 heteroatoms. The molecule has 1 fully saturated rings. The molecule has 1 heterocycles. The van der Waals surface area contributed by atoms with Gasteiger partial charge in [-0.3, -0.25) is 0 Å². The lowest BCUT2D eigenvalue weighted by molar-refractivity contribution is 0.277. The molecule has 0 radical (unpaired) electrons. The predicted octanol–water partition coefficient (Wildman–Crippen LogP) is 0.712. The molecule has 1 atom stereocenters. The third kappa shape index (κ3) is 6.01. The van der Waals surface area contributed by atoms with Gasteiger partial charge in [-0.15, -0.1) is 12.4 Å². The maximum Gasteiger partial charge on any atom is 0.279 e. The van der Waals surface area contributed by atoms with Crippen molar-refractivity contribution in [2.75, 3.05) is 19.6 Å². The largest absolute Gasteiger partial charge is 0.324 e. The summed E-state index contributed by atoms with van der Waals surface area (Å²) in [6, 6.07) is 0. The highest BCUT2D eigenvalue weighted by molar-refractivity contribution is 7.87. The molecule has 0 aromatic heterocycles. The SMILES string of the molecule is CC1CCCN(S(=O)(=O)NCC(C)(C)N)C1.Cl. The summed E-state index contributed by atoms with van der Waals surface area (Å²) in [6.07, 6.45) is 2.04. The Bertz CT molecular complexity index is 327. The van der Waals surface area contributed by atoms with Gasteiger partial charge in [0.2, 0.25) is 0 Å². The van der Waals surface area contributed by atoms with Crippen LogP contribution in [0.2, 0.25) is 0 Å². The molecule has 104 valence electrons. The second kappa shape index (κ2) is 6.33. The van der Waals surface area contributed by atoms with Crippen molar-refractivity contribution in [3.8, 4) is 0 Å². The molecule has 0 spiro atoms. The summed E-state index contributed by atoms with van der Waals surface area (Å²) in [5.41, 5.74) is 5.23. The smallest absolute Gasteiger partial charge is 0.279 e. The number of nitrogens with two attached hydrogens (primary N) is 1. The zero-order valence-corrected chi connectivity index (χ0v) is 12.4. The zero-order chi connectivity index (χ0) is 12.4.